The Labute approximate surface area is 211 Å². The van der Waals surface area contributed by atoms with Gasteiger partial charge < -0.3 is 24.8 Å². The highest BCUT2D eigenvalue weighted by atomic mass is 35.5. The van der Waals surface area contributed by atoms with Crippen LogP contribution in [0, 0.1) is 0 Å². The predicted octanol–water partition coefficient (Wildman–Crippen LogP) is 2.85. The van der Waals surface area contributed by atoms with E-state index < -0.39 is 11.8 Å². The van der Waals surface area contributed by atoms with E-state index in [9.17, 15) is 14.4 Å². The van der Waals surface area contributed by atoms with Crippen molar-refractivity contribution in [3.05, 3.63) is 82.9 Å². The zero-order valence-corrected chi connectivity index (χ0v) is 19.6. The molecule has 1 aliphatic rings. The van der Waals surface area contributed by atoms with E-state index in [1.54, 1.807) is 48.5 Å². The zero-order valence-electron chi connectivity index (χ0n) is 18.8. The molecule has 0 unspecified atom stereocenters. The molecule has 1 heterocycles. The first-order valence-corrected chi connectivity index (χ1v) is 11.1. The van der Waals surface area contributed by atoms with Gasteiger partial charge in [0.2, 0.25) is 6.79 Å². The predicted molar refractivity (Wildman–Crippen MR) is 132 cm³/mol. The second-order valence-corrected chi connectivity index (χ2v) is 7.87. The van der Waals surface area contributed by atoms with Crippen molar-refractivity contribution in [2.75, 3.05) is 18.7 Å². The van der Waals surface area contributed by atoms with Gasteiger partial charge in [-0.15, -0.1) is 0 Å². The third-order valence-electron chi connectivity index (χ3n) is 4.85. The normalized spacial score (nSPS) is 11.7. The number of hydrazone groups is 1. The lowest BCUT2D eigenvalue weighted by molar-refractivity contribution is -0.139. The Morgan fingerprint density at radius 1 is 0.972 bits per heavy atom. The highest BCUT2D eigenvalue weighted by molar-refractivity contribution is 6.35. The Morgan fingerprint density at radius 2 is 1.78 bits per heavy atom. The summed E-state index contributed by atoms with van der Waals surface area (Å²) in [6, 6.07) is 19.0. The molecule has 3 aromatic carbocycles. The van der Waals surface area contributed by atoms with E-state index in [2.05, 4.69) is 21.2 Å². The van der Waals surface area contributed by atoms with Gasteiger partial charge in [-0.05, 0) is 53.6 Å². The van der Waals surface area contributed by atoms with Gasteiger partial charge in [-0.25, -0.2) is 5.43 Å². The van der Waals surface area contributed by atoms with E-state index >= 15 is 0 Å². The van der Waals surface area contributed by atoms with E-state index in [1.165, 1.54) is 6.21 Å². The number of ether oxygens (including phenoxy) is 3. The highest BCUT2D eigenvalue weighted by Gasteiger charge is 2.15. The van der Waals surface area contributed by atoms with Crippen molar-refractivity contribution in [1.82, 2.24) is 10.7 Å². The van der Waals surface area contributed by atoms with Crippen molar-refractivity contribution >= 4 is 41.2 Å². The molecule has 3 aromatic rings. The molecule has 3 amide bonds. The summed E-state index contributed by atoms with van der Waals surface area (Å²) < 4.78 is 16.0. The lowest BCUT2D eigenvalue weighted by Gasteiger charge is -2.09. The van der Waals surface area contributed by atoms with Crippen molar-refractivity contribution in [2.24, 2.45) is 5.10 Å². The van der Waals surface area contributed by atoms with Gasteiger partial charge in [0.15, 0.2) is 18.1 Å². The molecule has 36 heavy (non-hydrogen) atoms. The molecule has 0 spiro atoms. The molecule has 0 fully saturated rings. The molecule has 4 rings (SSSR count). The van der Waals surface area contributed by atoms with Gasteiger partial charge in [0.25, 0.3) is 5.91 Å². The maximum Gasteiger partial charge on any atom is 0.329 e. The number of rotatable bonds is 8. The van der Waals surface area contributed by atoms with Gasteiger partial charge in [0.1, 0.15) is 5.75 Å². The van der Waals surface area contributed by atoms with Gasteiger partial charge in [0, 0.05) is 12.2 Å². The molecule has 0 saturated heterocycles. The Kier molecular flexibility index (Phi) is 7.99. The number of anilines is 1. The van der Waals surface area contributed by atoms with Gasteiger partial charge in [-0.1, -0.05) is 35.9 Å². The summed E-state index contributed by atoms with van der Waals surface area (Å²) in [6.07, 6.45) is 1.32. The van der Waals surface area contributed by atoms with Gasteiger partial charge in [-0.3, -0.25) is 14.4 Å². The quantitative estimate of drug-likeness (QED) is 0.244. The number of para-hydroxylation sites is 1. The smallest absolute Gasteiger partial charge is 0.329 e. The molecule has 0 atom stereocenters. The number of nitrogens with zero attached hydrogens (tertiary/aromatic N) is 1. The fourth-order valence-electron chi connectivity index (χ4n) is 3.11. The van der Waals surface area contributed by atoms with Crippen LogP contribution in [-0.4, -0.2) is 37.3 Å². The van der Waals surface area contributed by atoms with Crippen molar-refractivity contribution in [3.63, 3.8) is 0 Å². The van der Waals surface area contributed by atoms with Crippen LogP contribution in [0.15, 0.2) is 71.8 Å². The number of hydrogen-bond donors (Lipinski definition) is 3. The van der Waals surface area contributed by atoms with Crippen LogP contribution in [0.1, 0.15) is 11.1 Å². The first-order valence-electron chi connectivity index (χ1n) is 10.7. The molecule has 184 valence electrons. The monoisotopic (exact) mass is 508 g/mol. The number of carbonyl (C=O) groups is 3. The molecule has 11 heteroatoms. The molecule has 10 nitrogen and oxygen atoms in total. The van der Waals surface area contributed by atoms with Crippen LogP contribution in [0.5, 0.6) is 17.2 Å². The average Bonchev–Trinajstić information content (AvgIpc) is 3.35. The largest absolute Gasteiger partial charge is 0.482 e. The maximum absolute atomic E-state index is 12.0. The minimum atomic E-state index is -0.928. The van der Waals surface area contributed by atoms with Crippen molar-refractivity contribution in [3.8, 4) is 17.2 Å². The summed E-state index contributed by atoms with van der Waals surface area (Å²) in [4.78, 5) is 36.0. The Bertz CT molecular complexity index is 1300. The number of benzene rings is 3. The van der Waals surface area contributed by atoms with Gasteiger partial charge >= 0.3 is 11.8 Å². The SMILES string of the molecule is O=C(COc1ccc(/C=N\NC(=O)C(=O)NCc2ccc3c(c2)OCO3)cc1Cl)Nc1ccccc1. The van der Waals surface area contributed by atoms with E-state index in [1.807, 2.05) is 18.2 Å². The van der Waals surface area contributed by atoms with Crippen LogP contribution in [0.25, 0.3) is 0 Å². The molecule has 0 bridgehead atoms. The fourth-order valence-corrected chi connectivity index (χ4v) is 3.35. The maximum atomic E-state index is 12.0. The number of hydrogen-bond acceptors (Lipinski definition) is 7. The molecule has 1 aliphatic heterocycles. The topological polar surface area (TPSA) is 127 Å². The standard InChI is InChI=1S/C25H21ClN4O6/c26-19-10-16(6-8-20(19)34-14-23(31)29-18-4-2-1-3-5-18)13-28-30-25(33)24(32)27-12-17-7-9-21-22(11-17)36-15-35-21/h1-11,13H,12,14-15H2,(H,27,32)(H,29,31)(H,30,33)/b28-13-. The second-order valence-electron chi connectivity index (χ2n) is 7.46. The number of fused-ring (bicyclic) bond motifs is 1. The Morgan fingerprint density at radius 3 is 2.58 bits per heavy atom. The van der Waals surface area contributed by atoms with Crippen LogP contribution >= 0.6 is 11.6 Å². The summed E-state index contributed by atoms with van der Waals surface area (Å²) in [5.74, 6) is -0.582. The molecular formula is C25H21ClN4O6. The Hall–Kier alpha value is -4.57. The molecule has 0 saturated carbocycles. The molecule has 0 radical (unpaired) electrons. The zero-order chi connectivity index (χ0) is 25.3. The summed E-state index contributed by atoms with van der Waals surface area (Å²) >= 11 is 6.21. The van der Waals surface area contributed by atoms with Gasteiger partial charge in [-0.2, -0.15) is 5.10 Å². The lowest BCUT2D eigenvalue weighted by atomic mass is 10.2. The average molecular weight is 509 g/mol. The van der Waals surface area contributed by atoms with Crippen molar-refractivity contribution < 1.29 is 28.6 Å². The minimum absolute atomic E-state index is 0.132. The second kappa shape index (κ2) is 11.7. The van der Waals surface area contributed by atoms with Crippen LogP contribution in [-0.2, 0) is 20.9 Å². The number of halogens is 1. The summed E-state index contributed by atoms with van der Waals surface area (Å²) in [5.41, 5.74) is 4.10. The van der Waals surface area contributed by atoms with Crippen LogP contribution < -0.4 is 30.3 Å². The summed E-state index contributed by atoms with van der Waals surface area (Å²) in [5, 5.41) is 9.23. The first-order chi connectivity index (χ1) is 17.5. The minimum Gasteiger partial charge on any atom is -0.482 e. The van der Waals surface area contributed by atoms with E-state index in [0.717, 1.165) is 5.56 Å². The third-order valence-corrected chi connectivity index (χ3v) is 5.14. The Balaban J connectivity index is 1.21. The highest BCUT2D eigenvalue weighted by Crippen LogP contribution is 2.32. The van der Waals surface area contributed by atoms with Gasteiger partial charge in [0.05, 0.1) is 11.2 Å². The number of nitrogens with one attached hydrogen (secondary N) is 3. The first kappa shape index (κ1) is 24.6. The van der Waals surface area contributed by atoms with E-state index in [0.29, 0.717) is 28.5 Å². The van der Waals surface area contributed by atoms with Crippen LogP contribution in [0.2, 0.25) is 5.02 Å². The van der Waals surface area contributed by atoms with E-state index in [4.69, 9.17) is 25.8 Å². The fraction of sp³-hybridized carbons (Fsp3) is 0.120. The molecular weight excluding hydrogens is 488 g/mol. The molecule has 0 aliphatic carbocycles. The number of carbonyl (C=O) groups excluding carboxylic acids is 3. The van der Waals surface area contributed by atoms with Crippen LogP contribution in [0.3, 0.4) is 0 Å². The molecule has 0 aromatic heterocycles. The lowest BCUT2D eigenvalue weighted by Crippen LogP contribution is -2.37. The summed E-state index contributed by atoms with van der Waals surface area (Å²) in [7, 11) is 0. The number of amides is 3. The van der Waals surface area contributed by atoms with Crippen LogP contribution in [0.4, 0.5) is 5.69 Å². The third kappa shape index (κ3) is 6.73. The summed E-state index contributed by atoms with van der Waals surface area (Å²) in [6.45, 7) is 0.0605. The molecule has 3 N–H and O–H groups in total. The van der Waals surface area contributed by atoms with E-state index in [-0.39, 0.29) is 30.9 Å². The van der Waals surface area contributed by atoms with Crippen molar-refractivity contribution in [2.45, 2.75) is 6.54 Å². The van der Waals surface area contributed by atoms with Crippen molar-refractivity contribution in [1.29, 1.82) is 0 Å².